The van der Waals surface area contributed by atoms with Crippen molar-refractivity contribution in [2.24, 2.45) is 0 Å². The Kier molecular flexibility index (Phi) is 4.15. The molecule has 0 aliphatic heterocycles. The van der Waals surface area contributed by atoms with Gasteiger partial charge in [-0.15, -0.1) is 10.2 Å². The highest BCUT2D eigenvalue weighted by Crippen LogP contribution is 2.23. The fourth-order valence-corrected chi connectivity index (χ4v) is 1.77. The third-order valence-corrected chi connectivity index (χ3v) is 3.10. The number of anilines is 1. The zero-order valence-corrected chi connectivity index (χ0v) is 11.3. The zero-order chi connectivity index (χ0) is 13.0. The number of halogens is 1. The maximum absolute atomic E-state index is 6.10. The van der Waals surface area contributed by atoms with Crippen molar-refractivity contribution < 1.29 is 0 Å². The summed E-state index contributed by atoms with van der Waals surface area (Å²) in [6.07, 6.45) is 1.07. The molecule has 3 nitrogen and oxygen atoms in total. The first-order valence-corrected chi connectivity index (χ1v) is 6.42. The molecule has 0 amide bonds. The van der Waals surface area contributed by atoms with Crippen LogP contribution in [0.2, 0.25) is 5.02 Å². The second kappa shape index (κ2) is 5.83. The van der Waals surface area contributed by atoms with E-state index < -0.39 is 0 Å². The van der Waals surface area contributed by atoms with Crippen molar-refractivity contribution in [3.63, 3.8) is 0 Å². The summed E-state index contributed by atoms with van der Waals surface area (Å²) in [7, 11) is 0. The first kappa shape index (κ1) is 12.8. The summed E-state index contributed by atoms with van der Waals surface area (Å²) in [5, 5.41) is 12.3. The van der Waals surface area contributed by atoms with Crippen LogP contribution in [0, 0.1) is 6.92 Å². The molecular weight excluding hydrogens is 246 g/mol. The Morgan fingerprint density at radius 1 is 1.17 bits per heavy atom. The summed E-state index contributed by atoms with van der Waals surface area (Å²) in [5.74, 6) is 0.804. The van der Waals surface area contributed by atoms with Crippen molar-refractivity contribution in [1.82, 2.24) is 10.2 Å². The maximum atomic E-state index is 6.10. The quantitative estimate of drug-likeness (QED) is 0.906. The van der Waals surface area contributed by atoms with E-state index in [0.717, 1.165) is 40.6 Å². The molecule has 94 valence electrons. The van der Waals surface area contributed by atoms with Crippen LogP contribution in [-0.2, 0) is 0 Å². The summed E-state index contributed by atoms with van der Waals surface area (Å²) in [5.41, 5.74) is 2.88. The van der Waals surface area contributed by atoms with Gasteiger partial charge in [0.2, 0.25) is 0 Å². The van der Waals surface area contributed by atoms with Crippen LogP contribution >= 0.6 is 11.6 Å². The van der Waals surface area contributed by atoms with E-state index >= 15 is 0 Å². The van der Waals surface area contributed by atoms with Crippen molar-refractivity contribution in [3.8, 4) is 11.3 Å². The predicted octanol–water partition coefficient (Wildman–Crippen LogP) is 3.93. The summed E-state index contributed by atoms with van der Waals surface area (Å²) < 4.78 is 0. The highest BCUT2D eigenvalue weighted by Gasteiger charge is 2.03. The van der Waals surface area contributed by atoms with Crippen molar-refractivity contribution in [3.05, 3.63) is 40.9 Å². The van der Waals surface area contributed by atoms with E-state index in [1.165, 1.54) is 0 Å². The van der Waals surface area contributed by atoms with Crippen LogP contribution in [0.4, 0.5) is 5.82 Å². The summed E-state index contributed by atoms with van der Waals surface area (Å²) >= 11 is 6.10. The minimum atomic E-state index is 0.752. The molecule has 0 radical (unpaired) electrons. The first-order valence-electron chi connectivity index (χ1n) is 6.05. The number of aryl methyl sites for hydroxylation is 1. The molecule has 0 aliphatic carbocycles. The number of nitrogens with one attached hydrogen (secondary N) is 1. The van der Waals surface area contributed by atoms with E-state index in [2.05, 4.69) is 22.4 Å². The molecule has 2 aromatic rings. The van der Waals surface area contributed by atoms with Crippen LogP contribution in [0.1, 0.15) is 18.9 Å². The number of aromatic nitrogens is 2. The second-order valence-electron chi connectivity index (χ2n) is 4.19. The van der Waals surface area contributed by atoms with Gasteiger partial charge in [-0.05, 0) is 37.1 Å². The Balaban J connectivity index is 2.20. The fraction of sp³-hybridized carbons (Fsp3) is 0.286. The van der Waals surface area contributed by atoms with Gasteiger partial charge < -0.3 is 5.32 Å². The fourth-order valence-electron chi connectivity index (χ4n) is 1.59. The van der Waals surface area contributed by atoms with Crippen LogP contribution in [0.5, 0.6) is 0 Å². The molecule has 0 atom stereocenters. The van der Waals surface area contributed by atoms with Crippen LogP contribution < -0.4 is 5.32 Å². The van der Waals surface area contributed by atoms with E-state index in [1.807, 2.05) is 37.3 Å². The van der Waals surface area contributed by atoms with E-state index in [1.54, 1.807) is 0 Å². The Bertz CT molecular complexity index is 523. The Hall–Kier alpha value is -1.61. The van der Waals surface area contributed by atoms with Crippen LogP contribution in [0.25, 0.3) is 11.3 Å². The molecule has 1 heterocycles. The zero-order valence-electron chi connectivity index (χ0n) is 10.6. The first-order chi connectivity index (χ1) is 8.70. The maximum Gasteiger partial charge on any atom is 0.148 e. The van der Waals surface area contributed by atoms with E-state index in [0.29, 0.717) is 0 Å². The van der Waals surface area contributed by atoms with Crippen LogP contribution in [0.3, 0.4) is 0 Å². The minimum absolute atomic E-state index is 0.752. The standard InChI is InChI=1S/C14H16ClN3/c1-3-8-16-14-7-6-13(17-18-14)11-5-4-10(2)12(15)9-11/h4-7,9H,3,8H2,1-2H3,(H,16,18). The van der Waals surface area contributed by atoms with Gasteiger partial charge in [-0.25, -0.2) is 0 Å². The largest absolute Gasteiger partial charge is 0.369 e. The number of rotatable bonds is 4. The molecule has 0 spiro atoms. The average molecular weight is 262 g/mol. The van der Waals surface area contributed by atoms with Gasteiger partial charge in [-0.3, -0.25) is 0 Å². The topological polar surface area (TPSA) is 37.8 Å². The smallest absolute Gasteiger partial charge is 0.148 e. The number of hydrogen-bond acceptors (Lipinski definition) is 3. The minimum Gasteiger partial charge on any atom is -0.369 e. The molecule has 0 bridgehead atoms. The van der Waals surface area contributed by atoms with Crippen LogP contribution in [0.15, 0.2) is 30.3 Å². The Labute approximate surface area is 112 Å². The van der Waals surface area contributed by atoms with Crippen molar-refractivity contribution >= 4 is 17.4 Å². The number of benzene rings is 1. The predicted molar refractivity (Wildman–Crippen MR) is 76.0 cm³/mol. The van der Waals surface area contributed by atoms with E-state index in [4.69, 9.17) is 11.6 Å². The molecule has 1 aromatic carbocycles. The molecule has 4 heteroatoms. The van der Waals surface area contributed by atoms with Gasteiger partial charge in [-0.1, -0.05) is 30.7 Å². The SMILES string of the molecule is CCCNc1ccc(-c2ccc(C)c(Cl)c2)nn1. The molecule has 1 N–H and O–H groups in total. The summed E-state index contributed by atoms with van der Waals surface area (Å²) in [4.78, 5) is 0. The van der Waals surface area contributed by atoms with Crippen molar-refractivity contribution in [2.75, 3.05) is 11.9 Å². The molecule has 2 rings (SSSR count). The lowest BCUT2D eigenvalue weighted by molar-refractivity contribution is 0.945. The lowest BCUT2D eigenvalue weighted by atomic mass is 10.1. The van der Waals surface area contributed by atoms with Crippen molar-refractivity contribution in [1.29, 1.82) is 0 Å². The number of nitrogens with zero attached hydrogens (tertiary/aromatic N) is 2. The van der Waals surface area contributed by atoms with Crippen LogP contribution in [-0.4, -0.2) is 16.7 Å². The van der Waals surface area contributed by atoms with Gasteiger partial charge in [0.15, 0.2) is 0 Å². The molecule has 0 fully saturated rings. The summed E-state index contributed by atoms with van der Waals surface area (Å²) in [6, 6.07) is 9.80. The monoisotopic (exact) mass is 261 g/mol. The van der Waals surface area contributed by atoms with Gasteiger partial charge in [0.1, 0.15) is 5.82 Å². The molecule has 0 aliphatic rings. The molecule has 0 saturated carbocycles. The molecule has 1 aromatic heterocycles. The van der Waals surface area contributed by atoms with Gasteiger partial charge in [0, 0.05) is 17.1 Å². The van der Waals surface area contributed by atoms with Gasteiger partial charge in [0.25, 0.3) is 0 Å². The Morgan fingerprint density at radius 2 is 2.00 bits per heavy atom. The lowest BCUT2D eigenvalue weighted by Gasteiger charge is -2.05. The lowest BCUT2D eigenvalue weighted by Crippen LogP contribution is -2.02. The van der Waals surface area contributed by atoms with Gasteiger partial charge in [0.05, 0.1) is 5.69 Å². The molecule has 0 unspecified atom stereocenters. The second-order valence-corrected chi connectivity index (χ2v) is 4.60. The third-order valence-electron chi connectivity index (χ3n) is 2.69. The van der Waals surface area contributed by atoms with Gasteiger partial charge in [-0.2, -0.15) is 0 Å². The highest BCUT2D eigenvalue weighted by molar-refractivity contribution is 6.31. The molecule has 0 saturated heterocycles. The van der Waals surface area contributed by atoms with Crippen molar-refractivity contribution in [2.45, 2.75) is 20.3 Å². The van der Waals surface area contributed by atoms with Gasteiger partial charge >= 0.3 is 0 Å². The normalized spacial score (nSPS) is 10.4. The molecule has 18 heavy (non-hydrogen) atoms. The Morgan fingerprint density at radius 3 is 2.61 bits per heavy atom. The highest BCUT2D eigenvalue weighted by atomic mass is 35.5. The summed E-state index contributed by atoms with van der Waals surface area (Å²) in [6.45, 7) is 5.00. The average Bonchev–Trinajstić information content (AvgIpc) is 2.40. The van der Waals surface area contributed by atoms with E-state index in [9.17, 15) is 0 Å². The third kappa shape index (κ3) is 2.99. The van der Waals surface area contributed by atoms with E-state index in [-0.39, 0.29) is 0 Å². The molecular formula is C14H16ClN3. The number of hydrogen-bond donors (Lipinski definition) is 1.